The highest BCUT2D eigenvalue weighted by atomic mass is 19.4. The molecule has 0 aliphatic heterocycles. The van der Waals surface area contributed by atoms with Crippen molar-refractivity contribution in [3.05, 3.63) is 65.2 Å². The van der Waals surface area contributed by atoms with E-state index in [4.69, 9.17) is 4.74 Å². The summed E-state index contributed by atoms with van der Waals surface area (Å²) in [6, 6.07) is 10.5. The molecule has 0 fully saturated rings. The molecule has 0 aliphatic carbocycles. The second-order valence-corrected chi connectivity index (χ2v) is 6.49. The van der Waals surface area contributed by atoms with Crippen molar-refractivity contribution in [2.75, 3.05) is 19.7 Å². The average molecular weight is 445 g/mol. The van der Waals surface area contributed by atoms with Crippen LogP contribution in [0.25, 0.3) is 0 Å². The number of nitrogens with one attached hydrogen (secondary N) is 1. The van der Waals surface area contributed by atoms with E-state index in [1.807, 2.05) is 12.1 Å². The Labute approximate surface area is 175 Å². The molecule has 1 N–H and O–H groups in total. The molecule has 2 aromatic rings. The van der Waals surface area contributed by atoms with E-state index in [0.29, 0.717) is 24.3 Å². The summed E-state index contributed by atoms with van der Waals surface area (Å²) in [6.07, 6.45) is -4.70. The van der Waals surface area contributed by atoms with Crippen LogP contribution in [0.3, 0.4) is 0 Å². The zero-order chi connectivity index (χ0) is 22.9. The standard InChI is InChI=1S/C21H20F5NO4/c22-16-4-3-15(18(23)13-16)9-12-30-17-5-1-14(2-6-17)7-10-27-11-8-19(28)31-20(29)21(24,25)26/h1-6,13,27H,7-12H2. The predicted octanol–water partition coefficient (Wildman–Crippen LogP) is 3.74. The molecule has 31 heavy (non-hydrogen) atoms. The van der Waals surface area contributed by atoms with E-state index in [2.05, 4.69) is 10.1 Å². The summed E-state index contributed by atoms with van der Waals surface area (Å²) in [7, 11) is 0. The number of rotatable bonds is 10. The van der Waals surface area contributed by atoms with Crippen LogP contribution in [0.1, 0.15) is 17.5 Å². The van der Waals surface area contributed by atoms with Crippen molar-refractivity contribution in [2.24, 2.45) is 0 Å². The third-order valence-corrected chi connectivity index (χ3v) is 4.11. The van der Waals surface area contributed by atoms with Crippen molar-refractivity contribution < 1.29 is 41.0 Å². The monoisotopic (exact) mass is 445 g/mol. The lowest BCUT2D eigenvalue weighted by Gasteiger charge is -2.09. The van der Waals surface area contributed by atoms with Gasteiger partial charge < -0.3 is 14.8 Å². The van der Waals surface area contributed by atoms with E-state index in [9.17, 15) is 31.5 Å². The number of halogens is 5. The van der Waals surface area contributed by atoms with Gasteiger partial charge in [-0.25, -0.2) is 13.6 Å². The minimum atomic E-state index is -5.20. The fourth-order valence-corrected chi connectivity index (χ4v) is 2.52. The van der Waals surface area contributed by atoms with Gasteiger partial charge in [0.1, 0.15) is 17.4 Å². The van der Waals surface area contributed by atoms with Gasteiger partial charge in [-0.1, -0.05) is 18.2 Å². The Morgan fingerprint density at radius 2 is 1.65 bits per heavy atom. The van der Waals surface area contributed by atoms with Gasteiger partial charge in [-0.15, -0.1) is 0 Å². The molecule has 0 aliphatic rings. The van der Waals surface area contributed by atoms with Crippen molar-refractivity contribution >= 4 is 11.9 Å². The third-order valence-electron chi connectivity index (χ3n) is 4.11. The summed E-state index contributed by atoms with van der Waals surface area (Å²) >= 11 is 0. The summed E-state index contributed by atoms with van der Waals surface area (Å²) in [5, 5.41) is 2.87. The number of alkyl halides is 3. The summed E-state index contributed by atoms with van der Waals surface area (Å²) in [5.74, 6) is -4.45. The van der Waals surface area contributed by atoms with E-state index in [1.54, 1.807) is 12.1 Å². The Kier molecular flexibility index (Phi) is 8.92. The molecule has 0 amide bonds. The van der Waals surface area contributed by atoms with Gasteiger partial charge >= 0.3 is 18.1 Å². The summed E-state index contributed by atoms with van der Waals surface area (Å²) < 4.78 is 71.5. The zero-order valence-corrected chi connectivity index (χ0v) is 16.3. The van der Waals surface area contributed by atoms with Gasteiger partial charge in [0, 0.05) is 19.0 Å². The second-order valence-electron chi connectivity index (χ2n) is 6.49. The topological polar surface area (TPSA) is 64.6 Å². The van der Waals surface area contributed by atoms with Gasteiger partial charge in [-0.05, 0) is 42.3 Å². The van der Waals surface area contributed by atoms with Crippen LogP contribution in [0, 0.1) is 11.6 Å². The molecule has 2 aromatic carbocycles. The zero-order valence-electron chi connectivity index (χ0n) is 16.3. The minimum Gasteiger partial charge on any atom is -0.493 e. The number of carbonyl (C=O) groups is 2. The average Bonchev–Trinajstić information content (AvgIpc) is 2.69. The van der Waals surface area contributed by atoms with Crippen molar-refractivity contribution in [3.8, 4) is 5.75 Å². The van der Waals surface area contributed by atoms with Gasteiger partial charge in [0.05, 0.1) is 13.0 Å². The Bertz CT molecular complexity index is 884. The largest absolute Gasteiger partial charge is 0.493 e. The fourth-order valence-electron chi connectivity index (χ4n) is 2.52. The first-order valence-electron chi connectivity index (χ1n) is 9.33. The lowest BCUT2D eigenvalue weighted by atomic mass is 10.1. The van der Waals surface area contributed by atoms with Crippen molar-refractivity contribution in [3.63, 3.8) is 0 Å². The van der Waals surface area contributed by atoms with Gasteiger partial charge in [0.2, 0.25) is 0 Å². The molecule has 5 nitrogen and oxygen atoms in total. The van der Waals surface area contributed by atoms with E-state index < -0.39 is 29.7 Å². The second kappa shape index (κ2) is 11.4. The van der Waals surface area contributed by atoms with Crippen molar-refractivity contribution in [2.45, 2.75) is 25.4 Å². The number of benzene rings is 2. The highest BCUT2D eigenvalue weighted by molar-refractivity contribution is 5.88. The fraction of sp³-hybridized carbons (Fsp3) is 0.333. The molecule has 10 heteroatoms. The molecule has 0 radical (unpaired) electrons. The molecule has 0 saturated carbocycles. The SMILES string of the molecule is O=C(CCNCCc1ccc(OCCc2ccc(F)cc2F)cc1)OC(=O)C(F)(F)F. The van der Waals surface area contributed by atoms with Gasteiger partial charge in [-0.3, -0.25) is 4.79 Å². The van der Waals surface area contributed by atoms with Crippen LogP contribution in [0.5, 0.6) is 5.75 Å². The number of hydrogen-bond acceptors (Lipinski definition) is 5. The molecule has 2 rings (SSSR count). The molecular weight excluding hydrogens is 425 g/mol. The highest BCUT2D eigenvalue weighted by Crippen LogP contribution is 2.17. The molecule has 0 aromatic heterocycles. The molecule has 0 heterocycles. The number of esters is 2. The third kappa shape index (κ3) is 8.71. The molecule has 0 atom stereocenters. The van der Waals surface area contributed by atoms with Crippen LogP contribution < -0.4 is 10.1 Å². The maximum Gasteiger partial charge on any atom is 0.491 e. The highest BCUT2D eigenvalue weighted by Gasteiger charge is 2.42. The van der Waals surface area contributed by atoms with Crippen molar-refractivity contribution in [1.82, 2.24) is 5.32 Å². The quantitative estimate of drug-likeness (QED) is 0.261. The van der Waals surface area contributed by atoms with Crippen LogP contribution in [-0.2, 0) is 27.2 Å². The maximum atomic E-state index is 13.6. The summed E-state index contributed by atoms with van der Waals surface area (Å²) in [5.41, 5.74) is 1.30. The molecule has 0 unspecified atom stereocenters. The van der Waals surface area contributed by atoms with Crippen LogP contribution in [0.15, 0.2) is 42.5 Å². The Morgan fingerprint density at radius 1 is 0.935 bits per heavy atom. The van der Waals surface area contributed by atoms with Gasteiger partial charge in [0.15, 0.2) is 0 Å². The lowest BCUT2D eigenvalue weighted by molar-refractivity contribution is -0.201. The van der Waals surface area contributed by atoms with Gasteiger partial charge in [-0.2, -0.15) is 13.2 Å². The first-order valence-corrected chi connectivity index (χ1v) is 9.33. The number of hydrogen-bond donors (Lipinski definition) is 1. The van der Waals surface area contributed by atoms with Crippen LogP contribution in [0.4, 0.5) is 22.0 Å². The Morgan fingerprint density at radius 3 is 2.29 bits per heavy atom. The van der Waals surface area contributed by atoms with E-state index >= 15 is 0 Å². The maximum absolute atomic E-state index is 13.6. The number of carbonyl (C=O) groups excluding carboxylic acids is 2. The van der Waals surface area contributed by atoms with E-state index in [1.165, 1.54) is 12.1 Å². The summed E-state index contributed by atoms with van der Waals surface area (Å²) in [4.78, 5) is 21.7. The van der Waals surface area contributed by atoms with Crippen LogP contribution >= 0.6 is 0 Å². The first kappa shape index (κ1) is 24.3. The molecular formula is C21H20F5NO4. The lowest BCUT2D eigenvalue weighted by Crippen LogP contribution is -2.29. The first-order chi connectivity index (χ1) is 14.6. The number of ether oxygens (including phenoxy) is 2. The smallest absolute Gasteiger partial charge is 0.491 e. The molecule has 0 spiro atoms. The van der Waals surface area contributed by atoms with Crippen molar-refractivity contribution in [1.29, 1.82) is 0 Å². The molecule has 168 valence electrons. The Hall–Kier alpha value is -3.01. The van der Waals surface area contributed by atoms with E-state index in [0.717, 1.165) is 11.6 Å². The normalized spacial score (nSPS) is 11.3. The minimum absolute atomic E-state index is 0.0606. The predicted molar refractivity (Wildman–Crippen MR) is 100 cm³/mol. The van der Waals surface area contributed by atoms with E-state index in [-0.39, 0.29) is 26.0 Å². The van der Waals surface area contributed by atoms with Gasteiger partial charge in [0.25, 0.3) is 0 Å². The molecule has 0 saturated heterocycles. The van der Waals surface area contributed by atoms with Crippen LogP contribution in [0.2, 0.25) is 0 Å². The summed E-state index contributed by atoms with van der Waals surface area (Å²) in [6.45, 7) is 0.728. The Balaban J connectivity index is 1.63. The molecule has 0 bridgehead atoms. The van der Waals surface area contributed by atoms with Crippen LogP contribution in [-0.4, -0.2) is 37.8 Å².